The smallest absolute Gasteiger partial charge is 0.319 e. The summed E-state index contributed by atoms with van der Waals surface area (Å²) >= 11 is 0. The number of ether oxygens (including phenoxy) is 3. The van der Waals surface area contributed by atoms with Crippen molar-refractivity contribution >= 4 is 17.5 Å². The summed E-state index contributed by atoms with van der Waals surface area (Å²) in [7, 11) is 3.08. The average Bonchev–Trinajstić information content (AvgIpc) is 3.20. The first-order chi connectivity index (χ1) is 15.1. The lowest BCUT2D eigenvalue weighted by Crippen LogP contribution is -2.47. The molecule has 0 aliphatic carbocycles. The minimum atomic E-state index is -0.364. The molecule has 0 bridgehead atoms. The molecule has 4 rings (SSSR count). The number of carbonyl (C=O) groups is 2. The van der Waals surface area contributed by atoms with Crippen molar-refractivity contribution in [2.24, 2.45) is 5.92 Å². The minimum absolute atomic E-state index is 0.00712. The molecule has 2 unspecified atom stereocenters. The third-order valence-corrected chi connectivity index (χ3v) is 5.61. The molecule has 3 heterocycles. The van der Waals surface area contributed by atoms with Crippen molar-refractivity contribution in [2.75, 3.05) is 38.8 Å². The van der Waals surface area contributed by atoms with Gasteiger partial charge in [0, 0.05) is 43.5 Å². The van der Waals surface area contributed by atoms with Crippen LogP contribution >= 0.6 is 0 Å². The molecular weight excluding hydrogens is 400 g/mol. The molecule has 2 atom stereocenters. The zero-order valence-corrected chi connectivity index (χ0v) is 17.7. The van der Waals surface area contributed by atoms with Gasteiger partial charge < -0.3 is 24.0 Å². The molecule has 0 spiro atoms. The van der Waals surface area contributed by atoms with Gasteiger partial charge in [-0.2, -0.15) is 4.98 Å². The number of methoxy groups -OCH3 is 2. The number of carbonyl (C=O) groups excluding carboxylic acids is 2. The van der Waals surface area contributed by atoms with Crippen molar-refractivity contribution in [3.05, 3.63) is 36.5 Å². The van der Waals surface area contributed by atoms with Crippen molar-refractivity contribution in [1.29, 1.82) is 0 Å². The quantitative estimate of drug-likeness (QED) is 0.696. The fourth-order valence-corrected chi connectivity index (χ4v) is 4.05. The number of rotatable bonds is 6. The SMILES string of the molecule is COc1cccc(N2CC(C(=O)N3CCCC(Oc4ccnc(OC)n4)C3)CC2=O)c1. The number of likely N-dealkylation sites (tertiary alicyclic amines) is 1. The van der Waals surface area contributed by atoms with E-state index < -0.39 is 0 Å². The number of piperidine rings is 1. The van der Waals surface area contributed by atoms with Gasteiger partial charge in [0.2, 0.25) is 17.7 Å². The second kappa shape index (κ2) is 9.20. The van der Waals surface area contributed by atoms with Gasteiger partial charge in [-0.05, 0) is 25.0 Å². The normalized spacial score (nSPS) is 21.2. The van der Waals surface area contributed by atoms with Crippen LogP contribution in [0.15, 0.2) is 36.5 Å². The molecule has 2 aliphatic rings. The Bertz CT molecular complexity index is 953. The molecule has 9 heteroatoms. The molecule has 2 fully saturated rings. The van der Waals surface area contributed by atoms with E-state index in [-0.39, 0.29) is 36.3 Å². The summed E-state index contributed by atoms with van der Waals surface area (Å²) in [5.41, 5.74) is 0.747. The van der Waals surface area contributed by atoms with Crippen LogP contribution < -0.4 is 19.1 Å². The van der Waals surface area contributed by atoms with E-state index in [2.05, 4.69) is 9.97 Å². The average molecular weight is 426 g/mol. The highest BCUT2D eigenvalue weighted by Gasteiger charge is 2.38. The van der Waals surface area contributed by atoms with Crippen LogP contribution in [-0.4, -0.2) is 66.6 Å². The lowest BCUT2D eigenvalue weighted by Gasteiger charge is -2.34. The summed E-state index contributed by atoms with van der Waals surface area (Å²) in [4.78, 5) is 37.4. The second-order valence-corrected chi connectivity index (χ2v) is 7.65. The van der Waals surface area contributed by atoms with Crippen LogP contribution in [0.1, 0.15) is 19.3 Å². The Labute approximate surface area is 180 Å². The van der Waals surface area contributed by atoms with Crippen LogP contribution in [0.4, 0.5) is 5.69 Å². The summed E-state index contributed by atoms with van der Waals surface area (Å²) in [6.45, 7) is 1.50. The van der Waals surface area contributed by atoms with Gasteiger partial charge in [0.25, 0.3) is 0 Å². The molecule has 2 aliphatic heterocycles. The van der Waals surface area contributed by atoms with E-state index in [1.807, 2.05) is 24.3 Å². The standard InChI is InChI=1S/C22H26N4O5/c1-29-17-6-3-5-16(12-17)26-13-15(11-20(26)27)21(28)25-10-4-7-18(14-25)31-19-8-9-23-22(24-19)30-2/h3,5-6,8-9,12,15,18H,4,7,10-11,13-14H2,1-2H3. The monoisotopic (exact) mass is 426 g/mol. The largest absolute Gasteiger partial charge is 0.497 e. The van der Waals surface area contributed by atoms with E-state index in [1.54, 1.807) is 29.2 Å². The van der Waals surface area contributed by atoms with Crippen LogP contribution in [0.5, 0.6) is 17.6 Å². The van der Waals surface area contributed by atoms with Gasteiger partial charge in [-0.1, -0.05) is 6.07 Å². The van der Waals surface area contributed by atoms with Gasteiger partial charge in [0.15, 0.2) is 0 Å². The molecule has 2 amide bonds. The predicted octanol–water partition coefficient (Wildman–Crippen LogP) is 1.92. The topological polar surface area (TPSA) is 94.1 Å². The molecular formula is C22H26N4O5. The highest BCUT2D eigenvalue weighted by Crippen LogP contribution is 2.29. The van der Waals surface area contributed by atoms with Crippen molar-refractivity contribution in [3.63, 3.8) is 0 Å². The number of anilines is 1. The molecule has 164 valence electrons. The van der Waals surface area contributed by atoms with E-state index in [1.165, 1.54) is 7.11 Å². The zero-order chi connectivity index (χ0) is 21.8. The Morgan fingerprint density at radius 1 is 1.16 bits per heavy atom. The predicted molar refractivity (Wildman–Crippen MR) is 112 cm³/mol. The van der Waals surface area contributed by atoms with Gasteiger partial charge in [-0.25, -0.2) is 4.98 Å². The van der Waals surface area contributed by atoms with Gasteiger partial charge in [0.1, 0.15) is 11.9 Å². The van der Waals surface area contributed by atoms with Crippen molar-refractivity contribution < 1.29 is 23.8 Å². The van der Waals surface area contributed by atoms with Crippen molar-refractivity contribution in [1.82, 2.24) is 14.9 Å². The van der Waals surface area contributed by atoms with Gasteiger partial charge in [0.05, 0.1) is 26.7 Å². The Kier molecular flexibility index (Phi) is 6.20. The second-order valence-electron chi connectivity index (χ2n) is 7.65. The maximum Gasteiger partial charge on any atom is 0.319 e. The van der Waals surface area contributed by atoms with Crippen molar-refractivity contribution in [3.8, 4) is 17.6 Å². The lowest BCUT2D eigenvalue weighted by molar-refractivity contribution is -0.138. The summed E-state index contributed by atoms with van der Waals surface area (Å²) in [5.74, 6) is 0.678. The van der Waals surface area contributed by atoms with Crippen LogP contribution in [0.25, 0.3) is 0 Å². The Balaban J connectivity index is 1.39. The molecule has 2 aromatic rings. The van der Waals surface area contributed by atoms with Gasteiger partial charge in [-0.3, -0.25) is 9.59 Å². The Morgan fingerprint density at radius 2 is 2.03 bits per heavy atom. The molecule has 0 saturated carbocycles. The summed E-state index contributed by atoms with van der Waals surface area (Å²) < 4.78 is 16.2. The molecule has 2 saturated heterocycles. The summed E-state index contributed by atoms with van der Waals surface area (Å²) in [6.07, 6.45) is 3.28. The van der Waals surface area contributed by atoms with E-state index in [0.29, 0.717) is 31.3 Å². The van der Waals surface area contributed by atoms with E-state index in [0.717, 1.165) is 18.5 Å². The van der Waals surface area contributed by atoms with E-state index in [4.69, 9.17) is 14.2 Å². The Morgan fingerprint density at radius 3 is 2.84 bits per heavy atom. The number of nitrogens with zero attached hydrogens (tertiary/aromatic N) is 4. The number of hydrogen-bond donors (Lipinski definition) is 0. The van der Waals surface area contributed by atoms with Crippen molar-refractivity contribution in [2.45, 2.75) is 25.4 Å². The van der Waals surface area contributed by atoms with Crippen LogP contribution in [0, 0.1) is 5.92 Å². The summed E-state index contributed by atoms with van der Waals surface area (Å²) in [5, 5.41) is 0. The highest BCUT2D eigenvalue weighted by molar-refractivity contribution is 6.00. The molecule has 1 aromatic heterocycles. The number of benzene rings is 1. The molecule has 0 radical (unpaired) electrons. The summed E-state index contributed by atoms with van der Waals surface area (Å²) in [6, 6.07) is 9.24. The zero-order valence-electron chi connectivity index (χ0n) is 17.7. The van der Waals surface area contributed by atoms with Gasteiger partial charge >= 0.3 is 6.01 Å². The third kappa shape index (κ3) is 4.70. The van der Waals surface area contributed by atoms with Crippen LogP contribution in [0.3, 0.4) is 0 Å². The maximum absolute atomic E-state index is 13.2. The molecule has 1 aromatic carbocycles. The third-order valence-electron chi connectivity index (χ3n) is 5.61. The number of aromatic nitrogens is 2. The van der Waals surface area contributed by atoms with Gasteiger partial charge in [-0.15, -0.1) is 0 Å². The molecule has 31 heavy (non-hydrogen) atoms. The first kappa shape index (κ1) is 20.9. The number of hydrogen-bond acceptors (Lipinski definition) is 7. The number of amides is 2. The molecule has 9 nitrogen and oxygen atoms in total. The molecule has 0 N–H and O–H groups in total. The van der Waals surface area contributed by atoms with Crippen LogP contribution in [0.2, 0.25) is 0 Å². The Hall–Kier alpha value is -3.36. The first-order valence-electron chi connectivity index (χ1n) is 10.3. The highest BCUT2D eigenvalue weighted by atomic mass is 16.5. The first-order valence-corrected chi connectivity index (χ1v) is 10.3. The van der Waals surface area contributed by atoms with Crippen LogP contribution in [-0.2, 0) is 9.59 Å². The maximum atomic E-state index is 13.2. The fourth-order valence-electron chi connectivity index (χ4n) is 4.05. The van der Waals surface area contributed by atoms with E-state index >= 15 is 0 Å². The van der Waals surface area contributed by atoms with E-state index in [9.17, 15) is 9.59 Å². The fraction of sp³-hybridized carbons (Fsp3) is 0.455. The lowest BCUT2D eigenvalue weighted by atomic mass is 10.0. The minimum Gasteiger partial charge on any atom is -0.497 e.